The number of benzene rings is 1. The molecule has 0 saturated carbocycles. The summed E-state index contributed by atoms with van der Waals surface area (Å²) >= 11 is 5.73. The molecule has 3 heteroatoms. The fourth-order valence-corrected chi connectivity index (χ4v) is 1.10. The SMILES string of the molecule is CC1(COc2ccc(Cl)cc2)CO1. The second-order valence-corrected chi connectivity index (χ2v) is 3.92. The number of halogens is 1. The van der Waals surface area contributed by atoms with Crippen LogP contribution in [0, 0.1) is 0 Å². The fraction of sp³-hybridized carbons (Fsp3) is 0.400. The second kappa shape index (κ2) is 3.20. The lowest BCUT2D eigenvalue weighted by Crippen LogP contribution is -2.16. The van der Waals surface area contributed by atoms with E-state index in [4.69, 9.17) is 21.1 Å². The van der Waals surface area contributed by atoms with Gasteiger partial charge in [-0.15, -0.1) is 0 Å². The van der Waals surface area contributed by atoms with Crippen molar-refractivity contribution in [2.45, 2.75) is 12.5 Å². The molecule has 0 spiro atoms. The molecule has 0 aliphatic carbocycles. The Bertz CT molecular complexity index is 290. The molecule has 2 rings (SSSR count). The van der Waals surface area contributed by atoms with Crippen molar-refractivity contribution in [1.82, 2.24) is 0 Å². The van der Waals surface area contributed by atoms with Crippen molar-refractivity contribution in [2.75, 3.05) is 13.2 Å². The van der Waals surface area contributed by atoms with Gasteiger partial charge in [-0.3, -0.25) is 0 Å². The van der Waals surface area contributed by atoms with Crippen molar-refractivity contribution in [2.24, 2.45) is 0 Å². The molecule has 1 atom stereocenters. The molecule has 1 aliphatic rings. The summed E-state index contributed by atoms with van der Waals surface area (Å²) in [5.74, 6) is 0.834. The summed E-state index contributed by atoms with van der Waals surface area (Å²) in [4.78, 5) is 0. The van der Waals surface area contributed by atoms with Crippen molar-refractivity contribution < 1.29 is 9.47 Å². The van der Waals surface area contributed by atoms with E-state index in [-0.39, 0.29) is 5.60 Å². The monoisotopic (exact) mass is 198 g/mol. The van der Waals surface area contributed by atoms with Gasteiger partial charge in [-0.25, -0.2) is 0 Å². The Hall–Kier alpha value is -0.730. The van der Waals surface area contributed by atoms with Crippen LogP contribution in [-0.4, -0.2) is 18.8 Å². The molecule has 1 saturated heterocycles. The number of epoxide rings is 1. The van der Waals surface area contributed by atoms with Gasteiger partial charge in [0.25, 0.3) is 0 Å². The van der Waals surface area contributed by atoms with E-state index in [1.165, 1.54) is 0 Å². The van der Waals surface area contributed by atoms with E-state index in [0.29, 0.717) is 6.61 Å². The molecule has 1 unspecified atom stereocenters. The first-order valence-electron chi connectivity index (χ1n) is 4.20. The average Bonchev–Trinajstić information content (AvgIpc) is 2.84. The number of hydrogen-bond acceptors (Lipinski definition) is 2. The zero-order valence-corrected chi connectivity index (χ0v) is 8.17. The van der Waals surface area contributed by atoms with Crippen LogP contribution in [0.4, 0.5) is 0 Å². The molecule has 0 N–H and O–H groups in total. The Morgan fingerprint density at radius 2 is 2.08 bits per heavy atom. The maximum absolute atomic E-state index is 5.73. The third kappa shape index (κ3) is 2.36. The first-order valence-corrected chi connectivity index (χ1v) is 4.58. The summed E-state index contributed by atoms with van der Waals surface area (Å²) in [7, 11) is 0. The number of ether oxygens (including phenoxy) is 2. The second-order valence-electron chi connectivity index (χ2n) is 3.48. The van der Waals surface area contributed by atoms with Crippen LogP contribution in [0.15, 0.2) is 24.3 Å². The summed E-state index contributed by atoms with van der Waals surface area (Å²) in [5.41, 5.74) is -0.0559. The molecule has 2 nitrogen and oxygen atoms in total. The van der Waals surface area contributed by atoms with Crippen LogP contribution < -0.4 is 4.74 Å². The van der Waals surface area contributed by atoms with E-state index in [1.54, 1.807) is 0 Å². The predicted octanol–water partition coefficient (Wildman–Crippen LogP) is 2.51. The largest absolute Gasteiger partial charge is 0.491 e. The Morgan fingerprint density at radius 1 is 1.46 bits per heavy atom. The van der Waals surface area contributed by atoms with Gasteiger partial charge in [0.1, 0.15) is 18.0 Å². The molecule has 0 radical (unpaired) electrons. The molecular weight excluding hydrogens is 188 g/mol. The molecule has 0 aromatic heterocycles. The van der Waals surface area contributed by atoms with Crippen LogP contribution in [0.5, 0.6) is 5.75 Å². The minimum atomic E-state index is -0.0559. The highest BCUT2D eigenvalue weighted by atomic mass is 35.5. The molecular formula is C10H11ClO2. The molecule has 13 heavy (non-hydrogen) atoms. The van der Waals surface area contributed by atoms with Crippen LogP contribution in [-0.2, 0) is 4.74 Å². The van der Waals surface area contributed by atoms with Crippen LogP contribution in [0.2, 0.25) is 5.02 Å². The zero-order chi connectivity index (χ0) is 9.31. The van der Waals surface area contributed by atoms with Gasteiger partial charge in [0.2, 0.25) is 0 Å². The topological polar surface area (TPSA) is 21.8 Å². The summed E-state index contributed by atoms with van der Waals surface area (Å²) in [5, 5.41) is 0.723. The third-order valence-electron chi connectivity index (χ3n) is 1.99. The minimum absolute atomic E-state index is 0.0559. The lowest BCUT2D eigenvalue weighted by atomic mass is 10.2. The summed E-state index contributed by atoms with van der Waals surface area (Å²) in [6.07, 6.45) is 0. The normalized spacial score (nSPS) is 25.7. The van der Waals surface area contributed by atoms with Gasteiger partial charge in [-0.05, 0) is 31.2 Å². The van der Waals surface area contributed by atoms with Crippen LogP contribution >= 0.6 is 11.6 Å². The molecule has 0 bridgehead atoms. The first kappa shape index (κ1) is 8.85. The standard InChI is InChI=1S/C10H11ClO2/c1-10(7-13-10)6-12-9-4-2-8(11)3-5-9/h2-5H,6-7H2,1H3. The predicted molar refractivity (Wildman–Crippen MR) is 51.3 cm³/mol. The molecule has 70 valence electrons. The molecule has 1 fully saturated rings. The van der Waals surface area contributed by atoms with Crippen LogP contribution in [0.25, 0.3) is 0 Å². The highest BCUT2D eigenvalue weighted by molar-refractivity contribution is 6.30. The van der Waals surface area contributed by atoms with Gasteiger partial charge in [-0.2, -0.15) is 0 Å². The Kier molecular flexibility index (Phi) is 2.18. The van der Waals surface area contributed by atoms with Gasteiger partial charge in [-0.1, -0.05) is 11.6 Å². The van der Waals surface area contributed by atoms with Crippen LogP contribution in [0.3, 0.4) is 0 Å². The van der Waals surface area contributed by atoms with Crippen molar-refractivity contribution in [3.8, 4) is 5.75 Å². The molecule has 1 aromatic rings. The maximum Gasteiger partial charge on any atom is 0.123 e. The van der Waals surface area contributed by atoms with Crippen molar-refractivity contribution in [1.29, 1.82) is 0 Å². The van der Waals surface area contributed by atoms with E-state index in [0.717, 1.165) is 17.4 Å². The van der Waals surface area contributed by atoms with Gasteiger partial charge < -0.3 is 9.47 Å². The van der Waals surface area contributed by atoms with Gasteiger partial charge in [0.05, 0.1) is 6.61 Å². The van der Waals surface area contributed by atoms with Crippen LogP contribution in [0.1, 0.15) is 6.92 Å². The summed E-state index contributed by atoms with van der Waals surface area (Å²) in [6.45, 7) is 3.43. The van der Waals surface area contributed by atoms with E-state index >= 15 is 0 Å². The van der Waals surface area contributed by atoms with Crippen molar-refractivity contribution >= 4 is 11.6 Å². The van der Waals surface area contributed by atoms with Crippen molar-refractivity contribution in [3.05, 3.63) is 29.3 Å². The first-order chi connectivity index (χ1) is 6.18. The van der Waals surface area contributed by atoms with Gasteiger partial charge >= 0.3 is 0 Å². The lowest BCUT2D eigenvalue weighted by molar-refractivity contribution is 0.202. The quantitative estimate of drug-likeness (QED) is 0.697. The highest BCUT2D eigenvalue weighted by Gasteiger charge is 2.40. The third-order valence-corrected chi connectivity index (χ3v) is 2.25. The molecule has 1 aromatic carbocycles. The smallest absolute Gasteiger partial charge is 0.123 e. The van der Waals surface area contributed by atoms with Crippen molar-refractivity contribution in [3.63, 3.8) is 0 Å². The van der Waals surface area contributed by atoms with E-state index in [1.807, 2.05) is 31.2 Å². The molecule has 1 aliphatic heterocycles. The fourth-order valence-electron chi connectivity index (χ4n) is 0.973. The Labute approximate surface area is 82.4 Å². The highest BCUT2D eigenvalue weighted by Crippen LogP contribution is 2.27. The minimum Gasteiger partial charge on any atom is -0.491 e. The summed E-state index contributed by atoms with van der Waals surface area (Å²) < 4.78 is 10.7. The molecule has 0 amide bonds. The number of rotatable bonds is 3. The van der Waals surface area contributed by atoms with E-state index < -0.39 is 0 Å². The summed E-state index contributed by atoms with van der Waals surface area (Å²) in [6, 6.07) is 7.34. The number of hydrogen-bond donors (Lipinski definition) is 0. The zero-order valence-electron chi connectivity index (χ0n) is 7.42. The lowest BCUT2D eigenvalue weighted by Gasteiger charge is -2.08. The maximum atomic E-state index is 5.73. The van der Waals surface area contributed by atoms with Gasteiger partial charge in [0.15, 0.2) is 0 Å². The molecule has 1 heterocycles. The van der Waals surface area contributed by atoms with E-state index in [2.05, 4.69) is 0 Å². The van der Waals surface area contributed by atoms with Gasteiger partial charge in [0, 0.05) is 5.02 Å². The Balaban J connectivity index is 1.91. The van der Waals surface area contributed by atoms with E-state index in [9.17, 15) is 0 Å². The Morgan fingerprint density at radius 3 is 2.62 bits per heavy atom. The average molecular weight is 199 g/mol.